The fourth-order valence-corrected chi connectivity index (χ4v) is 3.21. The van der Waals surface area contributed by atoms with Crippen molar-refractivity contribution in [3.05, 3.63) is 69.4 Å². The third-order valence-electron chi connectivity index (χ3n) is 3.59. The summed E-state index contributed by atoms with van der Waals surface area (Å²) in [5.74, 6) is 0.748. The molecule has 3 heteroatoms. The van der Waals surface area contributed by atoms with Crippen LogP contribution in [0.2, 0.25) is 0 Å². The van der Waals surface area contributed by atoms with Crippen molar-refractivity contribution in [2.75, 3.05) is 0 Å². The molecule has 3 rings (SSSR count). The minimum Gasteiger partial charge on any atom is -0.460 e. The number of furan rings is 1. The summed E-state index contributed by atoms with van der Waals surface area (Å²) in [7, 11) is 0. The van der Waals surface area contributed by atoms with Crippen LogP contribution in [0.15, 0.2) is 51.4 Å². The van der Waals surface area contributed by atoms with Gasteiger partial charge in [-0.25, -0.2) is 0 Å². The molecule has 0 aliphatic carbocycles. The first kappa shape index (κ1) is 14.1. The van der Waals surface area contributed by atoms with Crippen molar-refractivity contribution < 1.29 is 9.21 Å². The molecule has 0 radical (unpaired) electrons. The summed E-state index contributed by atoms with van der Waals surface area (Å²) in [4.78, 5) is 12.9. The molecule has 0 unspecified atom stereocenters. The molecular formula is C18H15BrO2. The molecule has 0 N–H and O–H groups in total. The topological polar surface area (TPSA) is 30.2 Å². The number of carbonyl (C=O) groups excluding carboxylic acids is 1. The lowest BCUT2D eigenvalue weighted by molar-refractivity contribution is 0.103. The van der Waals surface area contributed by atoms with E-state index in [1.807, 2.05) is 56.3 Å². The highest BCUT2D eigenvalue weighted by Gasteiger charge is 2.22. The summed E-state index contributed by atoms with van der Waals surface area (Å²) < 4.78 is 6.64. The van der Waals surface area contributed by atoms with Crippen LogP contribution in [0, 0.1) is 6.92 Å². The zero-order valence-corrected chi connectivity index (χ0v) is 13.5. The van der Waals surface area contributed by atoms with Crippen LogP contribution in [0.1, 0.15) is 34.2 Å². The Morgan fingerprint density at radius 3 is 2.67 bits per heavy atom. The molecular weight excluding hydrogens is 328 g/mol. The Balaban J connectivity index is 2.21. The Bertz CT molecular complexity index is 830. The van der Waals surface area contributed by atoms with Crippen LogP contribution in [0.5, 0.6) is 0 Å². The first-order valence-corrected chi connectivity index (χ1v) is 7.72. The molecule has 0 aliphatic rings. The molecule has 0 saturated heterocycles. The van der Waals surface area contributed by atoms with Crippen LogP contribution in [-0.2, 0) is 6.42 Å². The standard InChI is InChI=1S/C18H15BrO2/c1-3-15-17(13-6-4-5-7-16(13)21-15)18(20)12-9-8-11(2)10-14(12)19/h4-10H,3H2,1-2H3. The van der Waals surface area contributed by atoms with E-state index in [0.29, 0.717) is 17.5 Å². The number of hydrogen-bond acceptors (Lipinski definition) is 2. The van der Waals surface area contributed by atoms with Crippen LogP contribution in [0.4, 0.5) is 0 Å². The normalized spacial score (nSPS) is 11.0. The zero-order chi connectivity index (χ0) is 15.0. The zero-order valence-electron chi connectivity index (χ0n) is 11.9. The number of aryl methyl sites for hydroxylation is 2. The highest BCUT2D eigenvalue weighted by atomic mass is 79.9. The number of carbonyl (C=O) groups is 1. The van der Waals surface area contributed by atoms with Gasteiger partial charge in [0, 0.05) is 21.8 Å². The summed E-state index contributed by atoms with van der Waals surface area (Å²) in [5.41, 5.74) is 3.23. The van der Waals surface area contributed by atoms with Gasteiger partial charge < -0.3 is 4.42 Å². The van der Waals surface area contributed by atoms with E-state index in [-0.39, 0.29) is 5.78 Å². The maximum Gasteiger partial charge on any atom is 0.198 e. The molecule has 0 fully saturated rings. The monoisotopic (exact) mass is 342 g/mol. The molecule has 0 atom stereocenters. The molecule has 0 bridgehead atoms. The first-order valence-electron chi connectivity index (χ1n) is 6.93. The average Bonchev–Trinajstić information content (AvgIpc) is 2.85. The lowest BCUT2D eigenvalue weighted by Crippen LogP contribution is -2.04. The minimum atomic E-state index is 0.00340. The molecule has 2 nitrogen and oxygen atoms in total. The fraction of sp³-hybridized carbons (Fsp3) is 0.167. The van der Waals surface area contributed by atoms with Gasteiger partial charge >= 0.3 is 0 Å². The van der Waals surface area contributed by atoms with Crippen molar-refractivity contribution >= 4 is 32.7 Å². The van der Waals surface area contributed by atoms with Crippen molar-refractivity contribution in [3.63, 3.8) is 0 Å². The molecule has 0 aliphatic heterocycles. The summed E-state index contributed by atoms with van der Waals surface area (Å²) in [6.45, 7) is 4.00. The number of halogens is 1. The Hall–Kier alpha value is -1.87. The second kappa shape index (κ2) is 5.49. The highest BCUT2D eigenvalue weighted by molar-refractivity contribution is 9.10. The third kappa shape index (κ3) is 2.42. The second-order valence-corrected chi connectivity index (χ2v) is 5.92. The van der Waals surface area contributed by atoms with Crippen molar-refractivity contribution in [2.45, 2.75) is 20.3 Å². The van der Waals surface area contributed by atoms with E-state index in [2.05, 4.69) is 15.9 Å². The third-order valence-corrected chi connectivity index (χ3v) is 4.24. The van der Waals surface area contributed by atoms with Gasteiger partial charge in [-0.3, -0.25) is 4.79 Å². The lowest BCUT2D eigenvalue weighted by Gasteiger charge is -2.05. The van der Waals surface area contributed by atoms with E-state index in [1.54, 1.807) is 0 Å². The smallest absolute Gasteiger partial charge is 0.198 e. The highest BCUT2D eigenvalue weighted by Crippen LogP contribution is 2.30. The van der Waals surface area contributed by atoms with Gasteiger partial charge in [0.2, 0.25) is 0 Å². The summed E-state index contributed by atoms with van der Waals surface area (Å²) >= 11 is 3.49. The minimum absolute atomic E-state index is 0.00340. The van der Waals surface area contributed by atoms with Gasteiger partial charge in [-0.15, -0.1) is 0 Å². The van der Waals surface area contributed by atoms with E-state index in [9.17, 15) is 4.79 Å². The lowest BCUT2D eigenvalue weighted by atomic mass is 9.98. The van der Waals surface area contributed by atoms with Crippen LogP contribution < -0.4 is 0 Å². The van der Waals surface area contributed by atoms with Crippen molar-refractivity contribution in [1.82, 2.24) is 0 Å². The Labute approximate surface area is 131 Å². The van der Waals surface area contributed by atoms with E-state index in [1.165, 1.54) is 0 Å². The van der Waals surface area contributed by atoms with E-state index < -0.39 is 0 Å². The predicted molar refractivity (Wildman–Crippen MR) is 87.9 cm³/mol. The van der Waals surface area contributed by atoms with Crippen molar-refractivity contribution in [1.29, 1.82) is 0 Å². The molecule has 1 heterocycles. The SMILES string of the molecule is CCc1oc2ccccc2c1C(=O)c1ccc(C)cc1Br. The molecule has 0 amide bonds. The summed E-state index contributed by atoms with van der Waals surface area (Å²) in [5, 5.41) is 0.881. The molecule has 0 spiro atoms. The van der Waals surface area contributed by atoms with Gasteiger partial charge in [0.15, 0.2) is 5.78 Å². The first-order chi connectivity index (χ1) is 10.1. The van der Waals surface area contributed by atoms with E-state index in [0.717, 1.165) is 26.8 Å². The molecule has 106 valence electrons. The van der Waals surface area contributed by atoms with Gasteiger partial charge in [-0.05, 0) is 30.7 Å². The Morgan fingerprint density at radius 1 is 1.19 bits per heavy atom. The van der Waals surface area contributed by atoms with Gasteiger partial charge in [-0.2, -0.15) is 0 Å². The van der Waals surface area contributed by atoms with Crippen molar-refractivity contribution in [2.24, 2.45) is 0 Å². The van der Waals surface area contributed by atoms with Crippen LogP contribution >= 0.6 is 15.9 Å². The Morgan fingerprint density at radius 2 is 1.95 bits per heavy atom. The van der Waals surface area contributed by atoms with Crippen LogP contribution in [0.25, 0.3) is 11.0 Å². The van der Waals surface area contributed by atoms with Crippen LogP contribution in [-0.4, -0.2) is 5.78 Å². The van der Waals surface area contributed by atoms with E-state index in [4.69, 9.17) is 4.42 Å². The number of para-hydroxylation sites is 1. The number of fused-ring (bicyclic) bond motifs is 1. The van der Waals surface area contributed by atoms with Gasteiger partial charge in [0.25, 0.3) is 0 Å². The second-order valence-electron chi connectivity index (χ2n) is 5.06. The largest absolute Gasteiger partial charge is 0.460 e. The van der Waals surface area contributed by atoms with Crippen molar-refractivity contribution in [3.8, 4) is 0 Å². The van der Waals surface area contributed by atoms with Gasteiger partial charge in [-0.1, -0.05) is 47.1 Å². The molecule has 2 aromatic carbocycles. The maximum atomic E-state index is 12.9. The number of ketones is 1. The van der Waals surface area contributed by atoms with Gasteiger partial charge in [0.05, 0.1) is 5.56 Å². The molecule has 1 aromatic heterocycles. The maximum absolute atomic E-state index is 12.9. The number of hydrogen-bond donors (Lipinski definition) is 0. The molecule has 3 aromatic rings. The van der Waals surface area contributed by atoms with Gasteiger partial charge in [0.1, 0.15) is 11.3 Å². The quantitative estimate of drug-likeness (QED) is 0.604. The number of rotatable bonds is 3. The molecule has 21 heavy (non-hydrogen) atoms. The van der Waals surface area contributed by atoms with E-state index >= 15 is 0 Å². The summed E-state index contributed by atoms with van der Waals surface area (Å²) in [6.07, 6.45) is 0.694. The Kier molecular flexibility index (Phi) is 3.68. The summed E-state index contributed by atoms with van der Waals surface area (Å²) in [6, 6.07) is 13.5. The predicted octanol–water partition coefficient (Wildman–Crippen LogP) is 5.30. The average molecular weight is 343 g/mol. The fourth-order valence-electron chi connectivity index (χ4n) is 2.53. The van der Waals surface area contributed by atoms with Crippen LogP contribution in [0.3, 0.4) is 0 Å². The number of benzene rings is 2. The molecule has 0 saturated carbocycles.